The minimum absolute atomic E-state index is 0. The highest BCUT2D eigenvalue weighted by Gasteiger charge is 2.53. The Balaban J connectivity index is 0.000000247. The molecule has 15 heteroatoms. The number of aliphatic hydroxyl groups is 4. The maximum atomic E-state index is 11.6. The molecule has 0 aliphatic carbocycles. The molecule has 0 aromatic carbocycles. The Hall–Kier alpha value is -2.85. The van der Waals surface area contributed by atoms with E-state index in [1.54, 1.807) is 0 Å². The van der Waals surface area contributed by atoms with Gasteiger partial charge in [0.25, 0.3) is 11.1 Å². The number of ether oxygens (including phenoxy) is 2. The summed E-state index contributed by atoms with van der Waals surface area (Å²) >= 11 is 6.17. The second-order valence-corrected chi connectivity index (χ2v) is 8.88. The zero-order valence-electron chi connectivity index (χ0n) is 18.4. The van der Waals surface area contributed by atoms with Crippen LogP contribution < -0.4 is 22.5 Å². The van der Waals surface area contributed by atoms with Gasteiger partial charge in [0, 0.05) is 30.1 Å². The molecule has 0 amide bonds. The van der Waals surface area contributed by atoms with Crippen LogP contribution >= 0.6 is 11.6 Å². The van der Waals surface area contributed by atoms with Crippen LogP contribution in [-0.2, 0) is 9.47 Å². The first-order valence-electron chi connectivity index (χ1n) is 10.3. The molecule has 2 aromatic rings. The molecule has 2 saturated heterocycles. The number of nitrogens with one attached hydrogen (secondary N) is 2. The van der Waals surface area contributed by atoms with Crippen LogP contribution in [0.15, 0.2) is 55.9 Å². The van der Waals surface area contributed by atoms with Gasteiger partial charge in [-0.25, -0.2) is 9.59 Å². The van der Waals surface area contributed by atoms with Crippen molar-refractivity contribution in [2.75, 3.05) is 13.2 Å². The zero-order chi connectivity index (χ0) is 26.1. The van der Waals surface area contributed by atoms with Crippen LogP contribution in [0.5, 0.6) is 0 Å². The maximum absolute atomic E-state index is 11.6. The third-order valence-corrected chi connectivity index (χ3v) is 6.05. The Bertz CT molecular complexity index is 1300. The van der Waals surface area contributed by atoms with Crippen molar-refractivity contribution in [2.24, 2.45) is 0 Å². The van der Waals surface area contributed by atoms with Crippen molar-refractivity contribution >= 4 is 11.6 Å². The van der Waals surface area contributed by atoms with E-state index in [-0.39, 0.29) is 19.6 Å². The number of halogens is 1. The van der Waals surface area contributed by atoms with Crippen LogP contribution in [0.3, 0.4) is 0 Å². The van der Waals surface area contributed by atoms with Crippen molar-refractivity contribution in [2.45, 2.75) is 56.1 Å². The third-order valence-electron chi connectivity index (χ3n) is 5.64. The van der Waals surface area contributed by atoms with Crippen molar-refractivity contribution in [3.63, 3.8) is 0 Å². The second-order valence-electron chi connectivity index (χ2n) is 8.07. The van der Waals surface area contributed by atoms with Gasteiger partial charge in [-0.15, -0.1) is 11.6 Å². The van der Waals surface area contributed by atoms with E-state index in [0.717, 1.165) is 21.3 Å². The number of hydrogen-bond acceptors (Lipinski definition) is 10. The molecular formula is C21H29ClN4O10. The van der Waals surface area contributed by atoms with E-state index in [1.807, 2.05) is 0 Å². The fraction of sp³-hybridized carbons (Fsp3) is 0.524. The SMILES string of the molecule is C.C=C1[C@H](n2ccc(=O)[nH]c2=O)O[C@H](CO)[C@H]1O.C[C@@]1(Cl)[C@H](O)[C@@H](CO)O[C@H]1n1ccc(=O)[nH]c1=O. The molecule has 36 heavy (non-hydrogen) atoms. The molecule has 0 radical (unpaired) electrons. The average molecular weight is 533 g/mol. The van der Waals surface area contributed by atoms with E-state index < -0.39 is 70.9 Å². The van der Waals surface area contributed by atoms with E-state index in [4.69, 9.17) is 31.3 Å². The summed E-state index contributed by atoms with van der Waals surface area (Å²) < 4.78 is 12.8. The number of nitrogens with zero attached hydrogens (tertiary/aromatic N) is 2. The number of hydrogen-bond donors (Lipinski definition) is 6. The molecule has 2 aromatic heterocycles. The van der Waals surface area contributed by atoms with E-state index in [2.05, 4.69) is 16.5 Å². The molecule has 0 saturated carbocycles. The quantitative estimate of drug-likeness (QED) is 0.184. The summed E-state index contributed by atoms with van der Waals surface area (Å²) in [7, 11) is 0. The largest absolute Gasteiger partial charge is 0.394 e. The van der Waals surface area contributed by atoms with Gasteiger partial charge in [0.2, 0.25) is 0 Å². The van der Waals surface area contributed by atoms with Crippen molar-refractivity contribution in [1.29, 1.82) is 0 Å². The lowest BCUT2D eigenvalue weighted by atomic mass is 10.0. The van der Waals surface area contributed by atoms with Crippen molar-refractivity contribution < 1.29 is 29.9 Å². The Morgan fingerprint density at radius 1 is 0.972 bits per heavy atom. The molecule has 2 fully saturated rings. The molecule has 2 aliphatic rings. The highest BCUT2D eigenvalue weighted by Crippen LogP contribution is 2.42. The smallest absolute Gasteiger partial charge is 0.330 e. The summed E-state index contributed by atoms with van der Waals surface area (Å²) in [6.07, 6.45) is -3.23. The number of rotatable bonds is 4. The average Bonchev–Trinajstić information content (AvgIpc) is 3.21. The minimum atomic E-state index is -1.28. The molecule has 7 atom stereocenters. The van der Waals surface area contributed by atoms with Crippen molar-refractivity contribution in [3.05, 3.63) is 78.4 Å². The fourth-order valence-corrected chi connectivity index (χ4v) is 3.98. The van der Waals surface area contributed by atoms with Gasteiger partial charge in [-0.3, -0.25) is 28.7 Å². The summed E-state index contributed by atoms with van der Waals surface area (Å²) in [5.74, 6) is 0. The first kappa shape index (κ1) is 29.4. The molecule has 14 nitrogen and oxygen atoms in total. The zero-order valence-corrected chi connectivity index (χ0v) is 19.2. The van der Waals surface area contributed by atoms with Crippen LogP contribution in [0.2, 0.25) is 0 Å². The lowest BCUT2D eigenvalue weighted by Crippen LogP contribution is -2.42. The lowest BCUT2D eigenvalue weighted by molar-refractivity contribution is -0.0470. The number of aromatic nitrogens is 4. The normalized spacial score (nSPS) is 31.4. The van der Waals surface area contributed by atoms with Crippen molar-refractivity contribution in [1.82, 2.24) is 19.1 Å². The summed E-state index contributed by atoms with van der Waals surface area (Å²) in [4.78, 5) is 47.9. The van der Waals surface area contributed by atoms with Gasteiger partial charge in [-0.05, 0) is 6.92 Å². The minimum Gasteiger partial charge on any atom is -0.394 e. The van der Waals surface area contributed by atoms with Gasteiger partial charge >= 0.3 is 11.4 Å². The first-order chi connectivity index (χ1) is 16.4. The number of alkyl halides is 1. The summed E-state index contributed by atoms with van der Waals surface area (Å²) in [6, 6.07) is 2.31. The molecule has 4 rings (SSSR count). The second kappa shape index (κ2) is 11.5. The molecular weight excluding hydrogens is 504 g/mol. The topological polar surface area (TPSA) is 209 Å². The highest BCUT2D eigenvalue weighted by molar-refractivity contribution is 6.24. The molecule has 0 spiro atoms. The number of aromatic amines is 2. The molecule has 200 valence electrons. The monoisotopic (exact) mass is 532 g/mol. The Labute approximate surface area is 208 Å². The molecule has 0 bridgehead atoms. The Kier molecular flexibility index (Phi) is 9.36. The van der Waals surface area contributed by atoms with E-state index in [0.29, 0.717) is 0 Å². The van der Waals surface area contributed by atoms with Crippen LogP contribution in [0.4, 0.5) is 0 Å². The van der Waals surface area contributed by atoms with Gasteiger partial charge in [0.15, 0.2) is 12.5 Å². The summed E-state index contributed by atoms with van der Waals surface area (Å²) in [5, 5.41) is 37.6. The van der Waals surface area contributed by atoms with Crippen LogP contribution in [0.25, 0.3) is 0 Å². The van der Waals surface area contributed by atoms with Crippen molar-refractivity contribution in [3.8, 4) is 0 Å². The highest BCUT2D eigenvalue weighted by atomic mass is 35.5. The summed E-state index contributed by atoms with van der Waals surface area (Å²) in [6.45, 7) is 4.32. The van der Waals surface area contributed by atoms with E-state index in [1.165, 1.54) is 19.3 Å². The molecule has 2 aliphatic heterocycles. The molecule has 0 unspecified atom stereocenters. The fourth-order valence-electron chi connectivity index (χ4n) is 3.69. The lowest BCUT2D eigenvalue weighted by Gasteiger charge is -2.26. The van der Waals surface area contributed by atoms with Crippen LogP contribution in [0.1, 0.15) is 26.8 Å². The van der Waals surface area contributed by atoms with Gasteiger partial charge < -0.3 is 29.9 Å². The van der Waals surface area contributed by atoms with Crippen LogP contribution in [-0.4, -0.2) is 82.0 Å². The summed E-state index contributed by atoms with van der Waals surface area (Å²) in [5.41, 5.74) is -2.14. The van der Waals surface area contributed by atoms with Crippen LogP contribution in [0, 0.1) is 0 Å². The van der Waals surface area contributed by atoms with E-state index in [9.17, 15) is 29.4 Å². The predicted molar refractivity (Wildman–Crippen MR) is 127 cm³/mol. The van der Waals surface area contributed by atoms with Gasteiger partial charge in [-0.2, -0.15) is 0 Å². The standard InChI is InChI=1S/C10H13ClN2O5.C10H12N2O5.CH4/c1-10(11)7(16)5(4-14)18-8(10)13-3-2-6(15)12-9(13)17;1-5-8(15)6(4-13)17-9(5)12-3-2-7(14)11-10(12)16;/h2-3,5,7-8,14,16H,4H2,1H3,(H,12,15,17);2-3,6,8-9,13,15H,1,4H2,(H,11,14,16);1H4/t5-,7-,8-,10-;6-,8+,9-;/m11./s1. The van der Waals surface area contributed by atoms with Gasteiger partial charge in [0.1, 0.15) is 29.3 Å². The number of H-pyrrole nitrogens is 2. The first-order valence-corrected chi connectivity index (χ1v) is 10.7. The van der Waals surface area contributed by atoms with E-state index >= 15 is 0 Å². The predicted octanol–water partition coefficient (Wildman–Crippen LogP) is -2.24. The molecule has 4 heterocycles. The van der Waals surface area contributed by atoms with Gasteiger partial charge in [-0.1, -0.05) is 14.0 Å². The third kappa shape index (κ3) is 5.59. The Morgan fingerprint density at radius 3 is 1.89 bits per heavy atom. The van der Waals surface area contributed by atoms with Gasteiger partial charge in [0.05, 0.1) is 13.2 Å². The number of aliphatic hydroxyl groups excluding tert-OH is 4. The molecule has 6 N–H and O–H groups in total. The Morgan fingerprint density at radius 2 is 1.47 bits per heavy atom. The maximum Gasteiger partial charge on any atom is 0.330 e.